The quantitative estimate of drug-likeness (QED) is 0.379. The third kappa shape index (κ3) is 5.19. The highest BCUT2D eigenvalue weighted by atomic mass is 19.1. The zero-order valence-corrected chi connectivity index (χ0v) is 19.1. The molecule has 0 aliphatic heterocycles. The fourth-order valence-corrected chi connectivity index (χ4v) is 3.62. The van der Waals surface area contributed by atoms with Crippen molar-refractivity contribution in [3.8, 4) is 0 Å². The van der Waals surface area contributed by atoms with Crippen molar-refractivity contribution in [2.24, 2.45) is 0 Å². The standard InChI is InChI=1S/C26H23FN4O4/c1-15-3-10-22(25(33)29-12-17-4-7-19(8-5-17)26(34)35)31-14-21(30-23(15)31)24(32)28-13-18-6-9-20(27)16(2)11-18/h3-11,14H,12-13H2,1-2H3,(H,28,32)(H,29,33)(H,34,35). The van der Waals surface area contributed by atoms with Crippen molar-refractivity contribution in [3.63, 3.8) is 0 Å². The Balaban J connectivity index is 1.49. The molecule has 35 heavy (non-hydrogen) atoms. The predicted molar refractivity (Wildman–Crippen MR) is 127 cm³/mol. The lowest BCUT2D eigenvalue weighted by Gasteiger charge is -2.09. The highest BCUT2D eigenvalue weighted by molar-refractivity contribution is 5.96. The second-order valence-corrected chi connectivity index (χ2v) is 8.17. The van der Waals surface area contributed by atoms with E-state index in [2.05, 4.69) is 15.6 Å². The number of fused-ring (bicyclic) bond motifs is 1. The van der Waals surface area contributed by atoms with Crippen LogP contribution in [-0.4, -0.2) is 32.3 Å². The monoisotopic (exact) mass is 474 g/mol. The molecule has 0 radical (unpaired) electrons. The highest BCUT2D eigenvalue weighted by Crippen LogP contribution is 2.15. The number of aryl methyl sites for hydroxylation is 2. The fourth-order valence-electron chi connectivity index (χ4n) is 3.62. The number of imidazole rings is 1. The first-order valence-electron chi connectivity index (χ1n) is 10.9. The van der Waals surface area contributed by atoms with E-state index in [9.17, 15) is 18.8 Å². The number of carbonyl (C=O) groups is 3. The van der Waals surface area contributed by atoms with Gasteiger partial charge < -0.3 is 15.7 Å². The van der Waals surface area contributed by atoms with Crippen LogP contribution in [0.2, 0.25) is 0 Å². The van der Waals surface area contributed by atoms with Crippen molar-refractivity contribution in [1.29, 1.82) is 0 Å². The number of halogens is 1. The Morgan fingerprint density at radius 2 is 1.54 bits per heavy atom. The lowest BCUT2D eigenvalue weighted by Crippen LogP contribution is -2.25. The van der Waals surface area contributed by atoms with Gasteiger partial charge in [0.2, 0.25) is 0 Å². The van der Waals surface area contributed by atoms with Crippen LogP contribution in [0.3, 0.4) is 0 Å². The van der Waals surface area contributed by atoms with Gasteiger partial charge in [0.05, 0.1) is 5.56 Å². The van der Waals surface area contributed by atoms with Gasteiger partial charge in [-0.25, -0.2) is 14.2 Å². The molecule has 0 spiro atoms. The lowest BCUT2D eigenvalue weighted by atomic mass is 10.1. The van der Waals surface area contributed by atoms with Crippen LogP contribution in [0.5, 0.6) is 0 Å². The second-order valence-electron chi connectivity index (χ2n) is 8.17. The Hall–Kier alpha value is -4.53. The van der Waals surface area contributed by atoms with Gasteiger partial charge in [0.1, 0.15) is 22.9 Å². The highest BCUT2D eigenvalue weighted by Gasteiger charge is 2.17. The van der Waals surface area contributed by atoms with Crippen molar-refractivity contribution in [1.82, 2.24) is 20.0 Å². The summed E-state index contributed by atoms with van der Waals surface area (Å²) < 4.78 is 15.0. The molecule has 0 fully saturated rings. The maximum absolute atomic E-state index is 13.5. The average molecular weight is 474 g/mol. The number of amides is 2. The number of aromatic carboxylic acids is 1. The van der Waals surface area contributed by atoms with E-state index in [1.807, 2.05) is 6.92 Å². The van der Waals surface area contributed by atoms with Gasteiger partial charge in [0, 0.05) is 19.3 Å². The maximum Gasteiger partial charge on any atom is 0.335 e. The molecule has 4 rings (SSSR count). The molecule has 2 aromatic heterocycles. The molecule has 0 saturated heterocycles. The smallest absolute Gasteiger partial charge is 0.335 e. The van der Waals surface area contributed by atoms with Crippen LogP contribution in [0.25, 0.3) is 5.65 Å². The van der Waals surface area contributed by atoms with Crippen molar-refractivity contribution < 1.29 is 23.9 Å². The van der Waals surface area contributed by atoms with Crippen LogP contribution in [0, 0.1) is 19.7 Å². The Morgan fingerprint density at radius 3 is 2.23 bits per heavy atom. The number of carboxylic acid groups (broad SMARTS) is 1. The normalized spacial score (nSPS) is 10.8. The van der Waals surface area contributed by atoms with E-state index in [1.165, 1.54) is 24.4 Å². The van der Waals surface area contributed by atoms with E-state index in [4.69, 9.17) is 5.11 Å². The molecule has 0 atom stereocenters. The molecule has 8 nitrogen and oxygen atoms in total. The molecule has 0 unspecified atom stereocenters. The summed E-state index contributed by atoms with van der Waals surface area (Å²) in [5.74, 6) is -2.11. The number of benzene rings is 2. The van der Waals surface area contributed by atoms with E-state index in [-0.39, 0.29) is 36.1 Å². The lowest BCUT2D eigenvalue weighted by molar-refractivity contribution is 0.0696. The molecule has 3 N–H and O–H groups in total. The molecule has 0 aliphatic rings. The number of rotatable bonds is 7. The largest absolute Gasteiger partial charge is 0.478 e. The van der Waals surface area contributed by atoms with Crippen molar-refractivity contribution in [3.05, 3.63) is 106 Å². The van der Waals surface area contributed by atoms with Crippen molar-refractivity contribution >= 4 is 23.4 Å². The third-order valence-corrected chi connectivity index (χ3v) is 5.60. The van der Waals surface area contributed by atoms with Gasteiger partial charge in [-0.2, -0.15) is 0 Å². The topological polar surface area (TPSA) is 113 Å². The minimum Gasteiger partial charge on any atom is -0.478 e. The number of carboxylic acids is 1. The molecule has 9 heteroatoms. The zero-order chi connectivity index (χ0) is 25.1. The first-order chi connectivity index (χ1) is 16.7. The third-order valence-electron chi connectivity index (χ3n) is 5.60. The van der Waals surface area contributed by atoms with Gasteiger partial charge in [0.15, 0.2) is 0 Å². The molecule has 0 saturated carbocycles. The summed E-state index contributed by atoms with van der Waals surface area (Å²) in [5, 5.41) is 14.6. The Morgan fingerprint density at radius 1 is 0.886 bits per heavy atom. The molecule has 0 bridgehead atoms. The number of hydrogen-bond donors (Lipinski definition) is 3. The van der Waals surface area contributed by atoms with Gasteiger partial charge in [-0.15, -0.1) is 0 Å². The van der Waals surface area contributed by atoms with Crippen LogP contribution in [0.4, 0.5) is 4.39 Å². The van der Waals surface area contributed by atoms with Gasteiger partial charge >= 0.3 is 5.97 Å². The molecule has 2 amide bonds. The molecule has 2 aromatic carbocycles. The zero-order valence-electron chi connectivity index (χ0n) is 19.1. The minimum atomic E-state index is -1.02. The van der Waals surface area contributed by atoms with Crippen LogP contribution in [0.1, 0.15) is 53.6 Å². The molecular weight excluding hydrogens is 451 g/mol. The van der Waals surface area contributed by atoms with E-state index < -0.39 is 11.9 Å². The van der Waals surface area contributed by atoms with E-state index in [0.29, 0.717) is 16.9 Å². The Kier molecular flexibility index (Phi) is 6.59. The number of aromatic nitrogens is 2. The number of hydrogen-bond acceptors (Lipinski definition) is 4. The summed E-state index contributed by atoms with van der Waals surface area (Å²) in [6.07, 6.45) is 1.50. The summed E-state index contributed by atoms with van der Waals surface area (Å²) >= 11 is 0. The number of nitrogens with one attached hydrogen (secondary N) is 2. The van der Waals surface area contributed by atoms with Gasteiger partial charge in [0.25, 0.3) is 11.8 Å². The summed E-state index contributed by atoms with van der Waals surface area (Å²) in [5.41, 5.74) is 3.88. The first-order valence-corrected chi connectivity index (χ1v) is 10.9. The SMILES string of the molecule is Cc1cc(CNC(=O)c2cn3c(C(=O)NCc4ccc(C(=O)O)cc4)ccc(C)c3n2)ccc1F. The molecule has 0 aliphatic carbocycles. The number of carbonyl (C=O) groups excluding carboxylic acids is 2. The molecule has 2 heterocycles. The van der Waals surface area contributed by atoms with Gasteiger partial charge in [-0.3, -0.25) is 14.0 Å². The second kappa shape index (κ2) is 9.76. The minimum absolute atomic E-state index is 0.149. The van der Waals surface area contributed by atoms with Crippen molar-refractivity contribution in [2.75, 3.05) is 0 Å². The number of pyridine rings is 1. The molecular formula is C26H23FN4O4. The van der Waals surface area contributed by atoms with E-state index in [0.717, 1.165) is 16.7 Å². The molecule has 178 valence electrons. The van der Waals surface area contributed by atoms with Crippen molar-refractivity contribution in [2.45, 2.75) is 26.9 Å². The summed E-state index contributed by atoms with van der Waals surface area (Å²) in [7, 11) is 0. The fraction of sp³-hybridized carbons (Fsp3) is 0.154. The van der Waals surface area contributed by atoms with Crippen LogP contribution in [-0.2, 0) is 13.1 Å². The van der Waals surface area contributed by atoms with Gasteiger partial charge in [-0.05, 0) is 60.4 Å². The Bertz CT molecular complexity index is 1440. The maximum atomic E-state index is 13.5. The van der Waals surface area contributed by atoms with Crippen LogP contribution < -0.4 is 10.6 Å². The van der Waals surface area contributed by atoms with Crippen LogP contribution >= 0.6 is 0 Å². The first kappa shape index (κ1) is 23.6. The summed E-state index contributed by atoms with van der Waals surface area (Å²) in [6.45, 7) is 3.90. The van der Waals surface area contributed by atoms with E-state index in [1.54, 1.807) is 47.7 Å². The summed E-state index contributed by atoms with van der Waals surface area (Å²) in [6, 6.07) is 14.3. The van der Waals surface area contributed by atoms with E-state index >= 15 is 0 Å². The van der Waals surface area contributed by atoms with Crippen LogP contribution in [0.15, 0.2) is 60.8 Å². The average Bonchev–Trinajstić information content (AvgIpc) is 3.30. The predicted octanol–water partition coefficient (Wildman–Crippen LogP) is 3.65. The summed E-state index contributed by atoms with van der Waals surface area (Å²) in [4.78, 5) is 41.0. The molecule has 4 aromatic rings. The number of nitrogens with zero attached hydrogens (tertiary/aromatic N) is 2. The Labute approximate surface area is 200 Å². The van der Waals surface area contributed by atoms with Gasteiger partial charge in [-0.1, -0.05) is 30.3 Å².